The standard InChI is InChI=1S/C24H24ClN3O5/c1-15-12-28(24(32)26-22(15)29)18-5-3-9-27(14-18)13-16-7-8-20(23(30)31)21(10-16)33-19-6-2-4-17(25)11-19/h2,4,6-8,10-12,18H,3,5,9,13-14H2,1H3,(H,30,31)(H,26,29,32)/t18-/m0/s1. The summed E-state index contributed by atoms with van der Waals surface area (Å²) in [5.74, 6) is -0.388. The summed E-state index contributed by atoms with van der Waals surface area (Å²) in [4.78, 5) is 40.3. The quantitative estimate of drug-likeness (QED) is 0.568. The summed E-state index contributed by atoms with van der Waals surface area (Å²) in [5, 5.41) is 10.1. The predicted octanol–water partition coefficient (Wildman–Crippen LogP) is 3.83. The molecular weight excluding hydrogens is 446 g/mol. The number of nitrogens with zero attached hydrogens (tertiary/aromatic N) is 2. The van der Waals surface area contributed by atoms with Crippen molar-refractivity contribution in [2.45, 2.75) is 32.4 Å². The molecule has 33 heavy (non-hydrogen) atoms. The molecule has 0 radical (unpaired) electrons. The van der Waals surface area contributed by atoms with Crippen molar-refractivity contribution in [1.82, 2.24) is 14.5 Å². The largest absolute Gasteiger partial charge is 0.478 e. The minimum Gasteiger partial charge on any atom is -0.478 e. The van der Waals surface area contributed by atoms with E-state index in [4.69, 9.17) is 16.3 Å². The van der Waals surface area contributed by atoms with Crippen LogP contribution >= 0.6 is 11.6 Å². The number of hydrogen-bond acceptors (Lipinski definition) is 5. The molecule has 1 saturated heterocycles. The number of piperidine rings is 1. The lowest BCUT2D eigenvalue weighted by atomic mass is 10.0. The Morgan fingerprint density at radius 1 is 1.24 bits per heavy atom. The molecule has 1 aliphatic rings. The fourth-order valence-corrected chi connectivity index (χ4v) is 4.28. The monoisotopic (exact) mass is 469 g/mol. The van der Waals surface area contributed by atoms with Crippen LogP contribution in [-0.2, 0) is 6.54 Å². The average molecular weight is 470 g/mol. The summed E-state index contributed by atoms with van der Waals surface area (Å²) in [7, 11) is 0. The molecule has 0 saturated carbocycles. The Balaban J connectivity index is 1.55. The Kier molecular flexibility index (Phi) is 6.67. The fraction of sp³-hybridized carbons (Fsp3) is 0.292. The maximum atomic E-state index is 12.3. The maximum absolute atomic E-state index is 12.3. The number of carboxylic acid groups (broad SMARTS) is 1. The van der Waals surface area contributed by atoms with Gasteiger partial charge in [0.2, 0.25) is 0 Å². The van der Waals surface area contributed by atoms with Crippen molar-refractivity contribution in [2.75, 3.05) is 13.1 Å². The van der Waals surface area contributed by atoms with E-state index in [0.717, 1.165) is 24.9 Å². The van der Waals surface area contributed by atoms with Crippen LogP contribution in [0, 0.1) is 6.92 Å². The lowest BCUT2D eigenvalue weighted by molar-refractivity contribution is 0.0694. The van der Waals surface area contributed by atoms with E-state index in [1.807, 2.05) is 0 Å². The summed E-state index contributed by atoms with van der Waals surface area (Å²) in [6, 6.07) is 11.8. The number of aromatic nitrogens is 2. The average Bonchev–Trinajstić information content (AvgIpc) is 2.76. The van der Waals surface area contributed by atoms with Crippen LogP contribution in [0.4, 0.5) is 0 Å². The van der Waals surface area contributed by atoms with Crippen molar-refractivity contribution in [3.05, 3.63) is 91.2 Å². The van der Waals surface area contributed by atoms with Gasteiger partial charge in [0.15, 0.2) is 0 Å². The molecule has 0 bridgehead atoms. The van der Waals surface area contributed by atoms with Gasteiger partial charge in [-0.1, -0.05) is 23.7 Å². The third kappa shape index (κ3) is 5.35. The van der Waals surface area contributed by atoms with E-state index in [1.165, 1.54) is 6.07 Å². The van der Waals surface area contributed by atoms with Crippen LogP contribution in [0.25, 0.3) is 0 Å². The van der Waals surface area contributed by atoms with E-state index in [2.05, 4.69) is 9.88 Å². The van der Waals surface area contributed by atoms with Gasteiger partial charge in [0.05, 0.1) is 6.04 Å². The van der Waals surface area contributed by atoms with Crippen LogP contribution in [0.5, 0.6) is 11.5 Å². The van der Waals surface area contributed by atoms with Crippen molar-refractivity contribution < 1.29 is 14.6 Å². The molecule has 3 aromatic rings. The number of aryl methyl sites for hydroxylation is 1. The molecule has 1 fully saturated rings. The molecule has 2 heterocycles. The molecule has 172 valence electrons. The molecule has 4 rings (SSSR count). The number of hydrogen-bond donors (Lipinski definition) is 2. The summed E-state index contributed by atoms with van der Waals surface area (Å²) < 4.78 is 7.45. The SMILES string of the molecule is Cc1cn([C@H]2CCCN(Cc3ccc(C(=O)O)c(Oc4cccc(Cl)c4)c3)C2)c(=O)[nH]c1=O. The van der Waals surface area contributed by atoms with Gasteiger partial charge in [-0.15, -0.1) is 0 Å². The Bertz CT molecular complexity index is 1300. The summed E-state index contributed by atoms with van der Waals surface area (Å²) >= 11 is 6.02. The summed E-state index contributed by atoms with van der Waals surface area (Å²) in [5.41, 5.74) is 0.683. The predicted molar refractivity (Wildman–Crippen MR) is 125 cm³/mol. The number of likely N-dealkylation sites (tertiary alicyclic amines) is 1. The van der Waals surface area contributed by atoms with Gasteiger partial charge in [-0.3, -0.25) is 19.2 Å². The second kappa shape index (κ2) is 9.64. The zero-order valence-electron chi connectivity index (χ0n) is 18.1. The molecule has 0 unspecified atom stereocenters. The number of aromatic carboxylic acids is 1. The van der Waals surface area contributed by atoms with E-state index in [0.29, 0.717) is 29.4 Å². The molecule has 0 spiro atoms. The van der Waals surface area contributed by atoms with Gasteiger partial charge in [0, 0.05) is 29.9 Å². The fourth-order valence-electron chi connectivity index (χ4n) is 4.10. The Hall–Kier alpha value is -3.36. The first-order valence-corrected chi connectivity index (χ1v) is 11.0. The molecule has 8 nitrogen and oxygen atoms in total. The van der Waals surface area contributed by atoms with E-state index < -0.39 is 11.7 Å². The van der Waals surface area contributed by atoms with Crippen molar-refractivity contribution in [3.63, 3.8) is 0 Å². The third-order valence-electron chi connectivity index (χ3n) is 5.73. The molecule has 0 amide bonds. The van der Waals surface area contributed by atoms with Gasteiger partial charge in [0.25, 0.3) is 5.56 Å². The first-order chi connectivity index (χ1) is 15.8. The van der Waals surface area contributed by atoms with Crippen LogP contribution < -0.4 is 16.0 Å². The van der Waals surface area contributed by atoms with Gasteiger partial charge in [-0.05, 0) is 62.2 Å². The summed E-state index contributed by atoms with van der Waals surface area (Å²) in [6.45, 7) is 3.73. The van der Waals surface area contributed by atoms with Crippen molar-refractivity contribution in [2.24, 2.45) is 0 Å². The number of H-pyrrole nitrogens is 1. The molecule has 2 N–H and O–H groups in total. The number of carboxylic acids is 1. The third-order valence-corrected chi connectivity index (χ3v) is 5.96. The molecule has 2 aromatic carbocycles. The second-order valence-corrected chi connectivity index (χ2v) is 8.64. The van der Waals surface area contributed by atoms with E-state index >= 15 is 0 Å². The van der Waals surface area contributed by atoms with Gasteiger partial charge >= 0.3 is 11.7 Å². The minimum absolute atomic E-state index is 0.0535. The topological polar surface area (TPSA) is 105 Å². The first kappa shape index (κ1) is 22.8. The van der Waals surface area contributed by atoms with Crippen LogP contribution in [-0.4, -0.2) is 38.6 Å². The number of benzene rings is 2. The Morgan fingerprint density at radius 3 is 2.82 bits per heavy atom. The highest BCUT2D eigenvalue weighted by atomic mass is 35.5. The normalized spacial score (nSPS) is 16.5. The number of nitrogens with one attached hydrogen (secondary N) is 1. The van der Waals surface area contributed by atoms with E-state index in [9.17, 15) is 19.5 Å². The zero-order valence-corrected chi connectivity index (χ0v) is 18.8. The lowest BCUT2D eigenvalue weighted by Crippen LogP contribution is -2.41. The zero-order chi connectivity index (χ0) is 23.5. The molecule has 1 aliphatic heterocycles. The Morgan fingerprint density at radius 2 is 2.06 bits per heavy atom. The van der Waals surface area contributed by atoms with E-state index in [1.54, 1.807) is 54.1 Å². The van der Waals surface area contributed by atoms with Crippen molar-refractivity contribution >= 4 is 17.6 Å². The lowest BCUT2D eigenvalue weighted by Gasteiger charge is -2.33. The molecule has 0 aliphatic carbocycles. The van der Waals surface area contributed by atoms with Crippen LogP contribution in [0.2, 0.25) is 5.02 Å². The van der Waals surface area contributed by atoms with Gasteiger partial charge in [0.1, 0.15) is 17.1 Å². The highest BCUT2D eigenvalue weighted by molar-refractivity contribution is 6.30. The smallest absolute Gasteiger partial charge is 0.339 e. The van der Waals surface area contributed by atoms with Gasteiger partial charge in [-0.2, -0.15) is 0 Å². The molecule has 1 aromatic heterocycles. The first-order valence-electron chi connectivity index (χ1n) is 10.6. The van der Waals surface area contributed by atoms with E-state index in [-0.39, 0.29) is 22.9 Å². The molecule has 9 heteroatoms. The second-order valence-electron chi connectivity index (χ2n) is 8.20. The molecule has 1 atom stereocenters. The van der Waals surface area contributed by atoms with Crippen LogP contribution in [0.15, 0.2) is 58.3 Å². The van der Waals surface area contributed by atoms with Crippen molar-refractivity contribution in [3.8, 4) is 11.5 Å². The van der Waals surface area contributed by atoms with Crippen molar-refractivity contribution in [1.29, 1.82) is 0 Å². The Labute approximate surface area is 195 Å². The summed E-state index contributed by atoms with van der Waals surface area (Å²) in [6.07, 6.45) is 3.35. The van der Waals surface area contributed by atoms with Crippen LogP contribution in [0.3, 0.4) is 0 Å². The minimum atomic E-state index is -1.08. The number of aromatic amines is 1. The van der Waals surface area contributed by atoms with Gasteiger partial charge in [-0.25, -0.2) is 9.59 Å². The number of halogens is 1. The highest BCUT2D eigenvalue weighted by Gasteiger charge is 2.23. The maximum Gasteiger partial charge on any atom is 0.339 e. The number of ether oxygens (including phenoxy) is 1. The van der Waals surface area contributed by atoms with Gasteiger partial charge < -0.3 is 9.84 Å². The molecular formula is C24H24ClN3O5. The highest BCUT2D eigenvalue weighted by Crippen LogP contribution is 2.30. The number of rotatable bonds is 6. The van der Waals surface area contributed by atoms with Crippen LogP contribution in [0.1, 0.15) is 40.4 Å². The number of carbonyl (C=O) groups is 1.